The van der Waals surface area contributed by atoms with Crippen molar-refractivity contribution in [2.45, 2.75) is 25.9 Å². The van der Waals surface area contributed by atoms with E-state index < -0.39 is 0 Å². The van der Waals surface area contributed by atoms with Crippen molar-refractivity contribution in [3.8, 4) is 6.07 Å². The number of hydrogen-bond acceptors (Lipinski definition) is 2. The van der Waals surface area contributed by atoms with E-state index in [0.717, 1.165) is 10.6 Å². The molecular weight excluding hydrogens is 268 g/mol. The van der Waals surface area contributed by atoms with Crippen LogP contribution >= 0.6 is 11.6 Å². The van der Waals surface area contributed by atoms with E-state index in [1.807, 2.05) is 48.5 Å². The summed E-state index contributed by atoms with van der Waals surface area (Å²) in [5, 5.41) is 13.2. The Morgan fingerprint density at radius 3 is 2.30 bits per heavy atom. The summed E-state index contributed by atoms with van der Waals surface area (Å²) < 4.78 is 0. The molecule has 0 bridgehead atoms. The number of hydrogen-bond donors (Lipinski definition) is 1. The largest absolute Gasteiger partial charge is 0.304 e. The molecule has 0 aromatic heterocycles. The van der Waals surface area contributed by atoms with Crippen LogP contribution in [0, 0.1) is 11.3 Å². The third-order valence-corrected chi connectivity index (χ3v) is 3.64. The molecule has 2 nitrogen and oxygen atoms in total. The number of halogens is 1. The van der Waals surface area contributed by atoms with Gasteiger partial charge in [0.05, 0.1) is 11.6 Å². The van der Waals surface area contributed by atoms with E-state index in [-0.39, 0.29) is 12.1 Å². The molecule has 20 heavy (non-hydrogen) atoms. The van der Waals surface area contributed by atoms with E-state index in [9.17, 15) is 0 Å². The average Bonchev–Trinajstić information content (AvgIpc) is 2.47. The fourth-order valence-electron chi connectivity index (χ4n) is 2.20. The van der Waals surface area contributed by atoms with Gasteiger partial charge in [0.2, 0.25) is 0 Å². The highest BCUT2D eigenvalue weighted by Crippen LogP contribution is 2.21. The number of rotatable bonds is 4. The molecule has 0 aliphatic heterocycles. The molecular formula is C17H17ClN2. The molecule has 2 rings (SSSR count). The van der Waals surface area contributed by atoms with Gasteiger partial charge in [0.25, 0.3) is 0 Å². The smallest absolute Gasteiger partial charge is 0.0991 e. The van der Waals surface area contributed by atoms with Crippen LogP contribution in [0.3, 0.4) is 0 Å². The van der Waals surface area contributed by atoms with Gasteiger partial charge in [-0.15, -0.1) is 0 Å². The molecule has 102 valence electrons. The lowest BCUT2D eigenvalue weighted by Gasteiger charge is -2.21. The molecule has 0 saturated heterocycles. The van der Waals surface area contributed by atoms with Gasteiger partial charge in [-0.1, -0.05) is 35.9 Å². The van der Waals surface area contributed by atoms with Crippen molar-refractivity contribution in [3.63, 3.8) is 0 Å². The molecule has 0 spiro atoms. The first-order valence-corrected chi connectivity index (χ1v) is 6.99. The van der Waals surface area contributed by atoms with Crippen LogP contribution in [-0.4, -0.2) is 0 Å². The number of nitriles is 1. The van der Waals surface area contributed by atoms with Gasteiger partial charge >= 0.3 is 0 Å². The highest BCUT2D eigenvalue weighted by molar-refractivity contribution is 6.30. The Balaban J connectivity index is 2.08. The highest BCUT2D eigenvalue weighted by atomic mass is 35.5. The SMILES string of the molecule is CC(N[C@@H](C)c1ccc(Cl)cc1)c1cccc(C#N)c1. The molecule has 2 aromatic rings. The Hall–Kier alpha value is -1.82. The number of benzene rings is 2. The lowest BCUT2D eigenvalue weighted by atomic mass is 10.0. The van der Waals surface area contributed by atoms with Crippen LogP contribution in [0.4, 0.5) is 0 Å². The third-order valence-electron chi connectivity index (χ3n) is 3.39. The molecule has 1 N–H and O–H groups in total. The first kappa shape index (κ1) is 14.6. The highest BCUT2D eigenvalue weighted by Gasteiger charge is 2.11. The summed E-state index contributed by atoms with van der Waals surface area (Å²) in [6, 6.07) is 18.1. The fourth-order valence-corrected chi connectivity index (χ4v) is 2.32. The minimum absolute atomic E-state index is 0.175. The van der Waals surface area contributed by atoms with Gasteiger partial charge in [-0.05, 0) is 49.2 Å². The van der Waals surface area contributed by atoms with Crippen molar-refractivity contribution in [1.82, 2.24) is 5.32 Å². The van der Waals surface area contributed by atoms with Crippen LogP contribution in [0.5, 0.6) is 0 Å². The maximum atomic E-state index is 8.95. The normalized spacial score (nSPS) is 13.5. The number of nitrogens with zero attached hydrogens (tertiary/aromatic N) is 1. The summed E-state index contributed by atoms with van der Waals surface area (Å²) in [7, 11) is 0. The second kappa shape index (κ2) is 6.56. The van der Waals surface area contributed by atoms with Crippen LogP contribution in [0.15, 0.2) is 48.5 Å². The summed E-state index contributed by atoms with van der Waals surface area (Å²) in [5.41, 5.74) is 3.00. The Labute approximate surface area is 125 Å². The molecule has 1 unspecified atom stereocenters. The average molecular weight is 285 g/mol. The molecule has 0 heterocycles. The van der Waals surface area contributed by atoms with Crippen molar-refractivity contribution in [3.05, 3.63) is 70.2 Å². The second-order valence-corrected chi connectivity index (χ2v) is 5.34. The topological polar surface area (TPSA) is 35.8 Å². The molecule has 3 heteroatoms. The molecule has 0 amide bonds. The summed E-state index contributed by atoms with van der Waals surface area (Å²) in [6.45, 7) is 4.22. The molecule has 0 radical (unpaired) electrons. The summed E-state index contributed by atoms with van der Waals surface area (Å²) in [4.78, 5) is 0. The van der Waals surface area contributed by atoms with Crippen molar-refractivity contribution in [1.29, 1.82) is 5.26 Å². The first-order chi connectivity index (χ1) is 9.60. The van der Waals surface area contributed by atoms with Crippen LogP contribution in [0.25, 0.3) is 0 Å². The van der Waals surface area contributed by atoms with Crippen LogP contribution in [-0.2, 0) is 0 Å². The standard InChI is InChI=1S/C17H17ClN2/c1-12(15-6-8-17(18)9-7-15)20-13(2)16-5-3-4-14(10-16)11-19/h3-10,12-13,20H,1-2H3/t12-,13?/m0/s1. The van der Waals surface area contributed by atoms with E-state index in [2.05, 4.69) is 25.2 Å². The quantitative estimate of drug-likeness (QED) is 0.889. The predicted octanol–water partition coefficient (Wildman–Crippen LogP) is 4.62. The number of nitrogens with one attached hydrogen (secondary N) is 1. The van der Waals surface area contributed by atoms with Gasteiger partial charge in [-0.25, -0.2) is 0 Å². The zero-order valence-corrected chi connectivity index (χ0v) is 12.4. The van der Waals surface area contributed by atoms with Gasteiger partial charge in [-0.3, -0.25) is 0 Å². The Morgan fingerprint density at radius 2 is 1.65 bits per heavy atom. The van der Waals surface area contributed by atoms with E-state index in [4.69, 9.17) is 16.9 Å². The van der Waals surface area contributed by atoms with Crippen molar-refractivity contribution < 1.29 is 0 Å². The van der Waals surface area contributed by atoms with E-state index >= 15 is 0 Å². The van der Waals surface area contributed by atoms with Crippen LogP contribution in [0.2, 0.25) is 5.02 Å². The van der Waals surface area contributed by atoms with E-state index in [1.165, 1.54) is 5.56 Å². The molecule has 0 fully saturated rings. The van der Waals surface area contributed by atoms with Crippen molar-refractivity contribution in [2.75, 3.05) is 0 Å². The summed E-state index contributed by atoms with van der Waals surface area (Å²) >= 11 is 5.90. The fraction of sp³-hybridized carbons (Fsp3) is 0.235. The van der Waals surface area contributed by atoms with Gasteiger partial charge in [0.15, 0.2) is 0 Å². The molecule has 0 aliphatic carbocycles. The zero-order valence-electron chi connectivity index (χ0n) is 11.6. The first-order valence-electron chi connectivity index (χ1n) is 6.61. The van der Waals surface area contributed by atoms with E-state index in [0.29, 0.717) is 5.56 Å². The lowest BCUT2D eigenvalue weighted by molar-refractivity contribution is 0.494. The maximum Gasteiger partial charge on any atom is 0.0991 e. The molecule has 0 saturated carbocycles. The Morgan fingerprint density at radius 1 is 1.00 bits per heavy atom. The minimum Gasteiger partial charge on any atom is -0.304 e. The van der Waals surface area contributed by atoms with Crippen molar-refractivity contribution >= 4 is 11.6 Å². The zero-order chi connectivity index (χ0) is 14.5. The predicted molar refractivity (Wildman–Crippen MR) is 82.6 cm³/mol. The minimum atomic E-state index is 0.175. The van der Waals surface area contributed by atoms with Gasteiger partial charge in [-0.2, -0.15) is 5.26 Å². The van der Waals surface area contributed by atoms with Crippen LogP contribution < -0.4 is 5.32 Å². The molecule has 2 aromatic carbocycles. The lowest BCUT2D eigenvalue weighted by Crippen LogP contribution is -2.22. The van der Waals surface area contributed by atoms with Gasteiger partial charge in [0, 0.05) is 17.1 Å². The Kier molecular flexibility index (Phi) is 4.79. The summed E-state index contributed by atoms with van der Waals surface area (Å²) in [5.74, 6) is 0. The van der Waals surface area contributed by atoms with Gasteiger partial charge in [0.1, 0.15) is 0 Å². The summed E-state index contributed by atoms with van der Waals surface area (Å²) in [6.07, 6.45) is 0. The maximum absolute atomic E-state index is 8.95. The Bertz CT molecular complexity index is 614. The monoisotopic (exact) mass is 284 g/mol. The molecule has 0 aliphatic rings. The second-order valence-electron chi connectivity index (χ2n) is 4.90. The molecule has 2 atom stereocenters. The third kappa shape index (κ3) is 3.60. The van der Waals surface area contributed by atoms with E-state index in [1.54, 1.807) is 0 Å². The van der Waals surface area contributed by atoms with Gasteiger partial charge < -0.3 is 5.32 Å². The van der Waals surface area contributed by atoms with Crippen LogP contribution in [0.1, 0.15) is 42.6 Å². The van der Waals surface area contributed by atoms with Crippen molar-refractivity contribution in [2.24, 2.45) is 0 Å².